The molecule has 1 rings (SSSR count). The van der Waals surface area contributed by atoms with Gasteiger partial charge in [0.1, 0.15) is 6.04 Å². The van der Waals surface area contributed by atoms with Gasteiger partial charge in [0, 0.05) is 6.54 Å². The molecule has 0 radical (unpaired) electrons. The van der Waals surface area contributed by atoms with Crippen molar-refractivity contribution < 1.29 is 14.7 Å². The fraction of sp³-hybridized carbons (Fsp3) is 0.250. The monoisotopic (exact) mass is 281 g/mol. The lowest BCUT2D eigenvalue weighted by Gasteiger charge is -2.16. The summed E-state index contributed by atoms with van der Waals surface area (Å²) in [4.78, 5) is 21.6. The van der Waals surface area contributed by atoms with E-state index in [1.165, 1.54) is 0 Å². The number of carboxylic acid groups (broad SMARTS) is 1. The van der Waals surface area contributed by atoms with Crippen LogP contribution in [0.5, 0.6) is 0 Å². The molecule has 102 valence electrons. The number of nitrogens with one attached hydrogen (secondary N) is 2. The van der Waals surface area contributed by atoms with Crippen LogP contribution in [0.15, 0.2) is 30.3 Å². The summed E-state index contributed by atoms with van der Waals surface area (Å²) in [6.45, 7) is 0.468. The summed E-state index contributed by atoms with van der Waals surface area (Å²) in [5.41, 5.74) is 5.97. The molecule has 1 atom stereocenters. The summed E-state index contributed by atoms with van der Waals surface area (Å²) in [5, 5.41) is 14.5. The Morgan fingerprint density at radius 2 is 1.95 bits per heavy atom. The second kappa shape index (κ2) is 7.32. The van der Waals surface area contributed by atoms with E-state index in [1.807, 2.05) is 30.3 Å². The number of nitrogens with two attached hydrogens (primary N) is 1. The average molecular weight is 281 g/mol. The Morgan fingerprint density at radius 3 is 2.47 bits per heavy atom. The van der Waals surface area contributed by atoms with E-state index < -0.39 is 17.9 Å². The first-order valence-corrected chi connectivity index (χ1v) is 5.99. The number of hydrogen-bond donors (Lipinski definition) is 4. The highest BCUT2D eigenvalue weighted by Crippen LogP contribution is 1.97. The van der Waals surface area contributed by atoms with Crippen LogP contribution in [0.1, 0.15) is 12.0 Å². The first-order chi connectivity index (χ1) is 8.99. The summed E-state index contributed by atoms with van der Waals surface area (Å²) >= 11 is 4.96. The van der Waals surface area contributed by atoms with Crippen LogP contribution in [0.2, 0.25) is 0 Å². The lowest BCUT2D eigenvalue weighted by Crippen LogP contribution is -2.47. The molecule has 0 unspecified atom stereocenters. The van der Waals surface area contributed by atoms with Gasteiger partial charge in [-0.05, 0) is 17.8 Å². The Kier molecular flexibility index (Phi) is 5.74. The third-order valence-corrected chi connectivity index (χ3v) is 2.57. The molecule has 0 saturated heterocycles. The second-order valence-corrected chi connectivity index (χ2v) is 4.28. The molecule has 1 amide bonds. The number of amides is 1. The lowest BCUT2D eigenvalue weighted by atomic mass is 10.2. The average Bonchev–Trinajstić information content (AvgIpc) is 2.36. The van der Waals surface area contributed by atoms with Gasteiger partial charge in [-0.2, -0.15) is 0 Å². The SMILES string of the molecule is NC(=O)C[C@@H](NC(=S)NCc1ccccc1)C(=O)O. The number of carboxylic acids is 1. The molecule has 0 bridgehead atoms. The van der Waals surface area contributed by atoms with E-state index in [0.717, 1.165) is 5.56 Å². The summed E-state index contributed by atoms with van der Waals surface area (Å²) in [6.07, 6.45) is -0.317. The van der Waals surface area contributed by atoms with Gasteiger partial charge in [0.05, 0.1) is 6.42 Å². The Morgan fingerprint density at radius 1 is 1.32 bits per heavy atom. The van der Waals surface area contributed by atoms with E-state index >= 15 is 0 Å². The number of carbonyl (C=O) groups is 2. The molecule has 0 aliphatic carbocycles. The molecule has 1 aromatic rings. The number of hydrogen-bond acceptors (Lipinski definition) is 3. The van der Waals surface area contributed by atoms with Crippen molar-refractivity contribution in [2.24, 2.45) is 5.73 Å². The van der Waals surface area contributed by atoms with Crippen molar-refractivity contribution in [1.82, 2.24) is 10.6 Å². The molecule has 19 heavy (non-hydrogen) atoms. The minimum Gasteiger partial charge on any atom is -0.480 e. The number of aliphatic carboxylic acids is 1. The summed E-state index contributed by atoms with van der Waals surface area (Å²) in [5.74, 6) is -1.88. The molecule has 0 fully saturated rings. The Balaban J connectivity index is 2.45. The van der Waals surface area contributed by atoms with E-state index in [-0.39, 0.29) is 11.5 Å². The van der Waals surface area contributed by atoms with Gasteiger partial charge in [0.15, 0.2) is 5.11 Å². The molecule has 6 nitrogen and oxygen atoms in total. The van der Waals surface area contributed by atoms with Crippen LogP contribution >= 0.6 is 12.2 Å². The van der Waals surface area contributed by atoms with Crippen LogP contribution in [-0.2, 0) is 16.1 Å². The topological polar surface area (TPSA) is 104 Å². The molecule has 0 aliphatic heterocycles. The highest BCUT2D eigenvalue weighted by Gasteiger charge is 2.20. The molecule has 0 heterocycles. The van der Waals surface area contributed by atoms with Crippen molar-refractivity contribution >= 4 is 29.2 Å². The van der Waals surface area contributed by atoms with Gasteiger partial charge in [0.25, 0.3) is 0 Å². The molecule has 5 N–H and O–H groups in total. The summed E-state index contributed by atoms with van der Waals surface area (Å²) in [6, 6.07) is 8.38. The zero-order chi connectivity index (χ0) is 14.3. The van der Waals surface area contributed by atoms with E-state index in [4.69, 9.17) is 23.1 Å². The minimum absolute atomic E-state index is 0.164. The van der Waals surface area contributed by atoms with Gasteiger partial charge in [-0.3, -0.25) is 4.79 Å². The van der Waals surface area contributed by atoms with E-state index in [9.17, 15) is 9.59 Å². The molecule has 0 saturated carbocycles. The van der Waals surface area contributed by atoms with Gasteiger partial charge in [-0.25, -0.2) is 4.79 Å². The maximum absolute atomic E-state index is 10.9. The number of rotatable bonds is 6. The van der Waals surface area contributed by atoms with Crippen LogP contribution < -0.4 is 16.4 Å². The second-order valence-electron chi connectivity index (χ2n) is 3.87. The number of primary amides is 1. The van der Waals surface area contributed by atoms with Gasteiger partial charge in [0.2, 0.25) is 5.91 Å². The number of benzene rings is 1. The molecule has 1 aromatic carbocycles. The maximum Gasteiger partial charge on any atom is 0.326 e. The number of carbonyl (C=O) groups excluding carboxylic acids is 1. The third-order valence-electron chi connectivity index (χ3n) is 2.30. The molecule has 0 spiro atoms. The molecule has 0 aliphatic rings. The molecular weight excluding hydrogens is 266 g/mol. The summed E-state index contributed by atoms with van der Waals surface area (Å²) < 4.78 is 0. The van der Waals surface area contributed by atoms with Crippen molar-refractivity contribution in [2.75, 3.05) is 0 Å². The fourth-order valence-corrected chi connectivity index (χ4v) is 1.60. The Hall–Kier alpha value is -2.15. The standard InChI is InChI=1S/C12H15N3O3S/c13-10(16)6-9(11(17)18)15-12(19)14-7-8-4-2-1-3-5-8/h1-5,9H,6-7H2,(H2,13,16)(H,17,18)(H2,14,15,19)/t9-/m1/s1. The van der Waals surface area contributed by atoms with Crippen molar-refractivity contribution in [1.29, 1.82) is 0 Å². The van der Waals surface area contributed by atoms with Crippen molar-refractivity contribution in [2.45, 2.75) is 19.0 Å². The largest absolute Gasteiger partial charge is 0.480 e. The van der Waals surface area contributed by atoms with Gasteiger partial charge in [-0.1, -0.05) is 30.3 Å². The predicted octanol–water partition coefficient (Wildman–Crippen LogP) is -0.0207. The van der Waals surface area contributed by atoms with Crippen molar-refractivity contribution in [3.8, 4) is 0 Å². The maximum atomic E-state index is 10.9. The van der Waals surface area contributed by atoms with Gasteiger partial charge >= 0.3 is 5.97 Å². The van der Waals surface area contributed by atoms with Crippen LogP contribution in [0.4, 0.5) is 0 Å². The normalized spacial score (nSPS) is 11.4. The smallest absolute Gasteiger partial charge is 0.326 e. The Labute approximate surface area is 116 Å². The van der Waals surface area contributed by atoms with E-state index in [1.54, 1.807) is 0 Å². The Bertz CT molecular complexity index is 465. The van der Waals surface area contributed by atoms with Crippen LogP contribution in [0, 0.1) is 0 Å². The van der Waals surface area contributed by atoms with Gasteiger partial charge in [-0.15, -0.1) is 0 Å². The third kappa shape index (κ3) is 5.82. The number of thiocarbonyl (C=S) groups is 1. The zero-order valence-corrected chi connectivity index (χ0v) is 10.9. The van der Waals surface area contributed by atoms with E-state index in [2.05, 4.69) is 10.6 Å². The molecule has 0 aromatic heterocycles. The van der Waals surface area contributed by atoms with Crippen molar-refractivity contribution in [3.63, 3.8) is 0 Å². The van der Waals surface area contributed by atoms with Crippen LogP contribution in [-0.4, -0.2) is 28.1 Å². The van der Waals surface area contributed by atoms with Crippen LogP contribution in [0.25, 0.3) is 0 Å². The lowest BCUT2D eigenvalue weighted by molar-refractivity contribution is -0.140. The van der Waals surface area contributed by atoms with Gasteiger partial charge < -0.3 is 21.5 Å². The summed E-state index contributed by atoms with van der Waals surface area (Å²) in [7, 11) is 0. The molecule has 7 heteroatoms. The minimum atomic E-state index is -1.18. The van der Waals surface area contributed by atoms with E-state index in [0.29, 0.717) is 6.54 Å². The quantitative estimate of drug-likeness (QED) is 0.546. The highest BCUT2D eigenvalue weighted by molar-refractivity contribution is 7.80. The first kappa shape index (κ1) is 14.9. The molecular formula is C12H15N3O3S. The first-order valence-electron chi connectivity index (χ1n) is 5.58. The zero-order valence-electron chi connectivity index (χ0n) is 10.1. The highest BCUT2D eigenvalue weighted by atomic mass is 32.1. The van der Waals surface area contributed by atoms with Crippen LogP contribution in [0.3, 0.4) is 0 Å². The fourth-order valence-electron chi connectivity index (χ4n) is 1.39. The van der Waals surface area contributed by atoms with Crippen molar-refractivity contribution in [3.05, 3.63) is 35.9 Å². The predicted molar refractivity (Wildman–Crippen MR) is 74.3 cm³/mol.